The summed E-state index contributed by atoms with van der Waals surface area (Å²) in [5, 5.41) is 0. The molecule has 114 valence electrons. The smallest absolute Gasteiger partial charge is 0.311 e. The van der Waals surface area contributed by atoms with Crippen LogP contribution in [-0.2, 0) is 19.6 Å². The van der Waals surface area contributed by atoms with Gasteiger partial charge >= 0.3 is 5.97 Å². The van der Waals surface area contributed by atoms with Gasteiger partial charge in [0, 0.05) is 11.5 Å². The van der Waals surface area contributed by atoms with Crippen LogP contribution in [0.15, 0.2) is 0 Å². The molecule has 6 heteroatoms. The van der Waals surface area contributed by atoms with E-state index < -0.39 is 20.9 Å². The van der Waals surface area contributed by atoms with Gasteiger partial charge < -0.3 is 4.74 Å². The van der Waals surface area contributed by atoms with E-state index >= 15 is 0 Å². The first kappa shape index (κ1) is 18.4. The van der Waals surface area contributed by atoms with Gasteiger partial charge in [-0.2, -0.15) is 0 Å². The number of carbonyl (C=O) groups excluding carboxylic acids is 1. The van der Waals surface area contributed by atoms with Crippen LogP contribution in [0.2, 0.25) is 0 Å². The van der Waals surface area contributed by atoms with Crippen molar-refractivity contribution in [2.24, 2.45) is 10.8 Å². The van der Waals surface area contributed by atoms with Gasteiger partial charge in [-0.3, -0.25) is 4.79 Å². The maximum absolute atomic E-state index is 11.9. The molecule has 0 saturated heterocycles. The molecule has 0 aromatic heterocycles. The number of carbonyl (C=O) groups is 1. The Labute approximate surface area is 117 Å². The summed E-state index contributed by atoms with van der Waals surface area (Å²) in [6.45, 7) is 11.3. The summed E-state index contributed by atoms with van der Waals surface area (Å²) < 4.78 is 30.3. The molecule has 0 rings (SSSR count). The summed E-state index contributed by atoms with van der Waals surface area (Å²) in [5.74, 6) is -0.255. The minimum absolute atomic E-state index is 0.180. The maximum atomic E-state index is 11.9. The van der Waals surface area contributed by atoms with E-state index in [4.69, 9.17) is 4.74 Å². The zero-order valence-electron chi connectivity index (χ0n) is 13.0. The molecule has 1 atom stereocenters. The number of sulfonamides is 1. The molecule has 1 unspecified atom stereocenters. The van der Waals surface area contributed by atoms with Crippen molar-refractivity contribution < 1.29 is 17.9 Å². The van der Waals surface area contributed by atoms with Crippen molar-refractivity contribution in [1.29, 1.82) is 0 Å². The molecule has 5 nitrogen and oxygen atoms in total. The van der Waals surface area contributed by atoms with Gasteiger partial charge in [0.05, 0.1) is 18.3 Å². The van der Waals surface area contributed by atoms with E-state index in [-0.39, 0.29) is 18.6 Å². The van der Waals surface area contributed by atoms with E-state index in [9.17, 15) is 13.2 Å². The quantitative estimate of drug-likeness (QED) is 0.728. The molecule has 19 heavy (non-hydrogen) atoms. The van der Waals surface area contributed by atoms with Crippen LogP contribution >= 0.6 is 0 Å². The zero-order valence-corrected chi connectivity index (χ0v) is 13.8. The lowest BCUT2D eigenvalue weighted by molar-refractivity contribution is -0.157. The van der Waals surface area contributed by atoms with Crippen molar-refractivity contribution in [3.8, 4) is 0 Å². The van der Waals surface area contributed by atoms with Crippen LogP contribution in [0.3, 0.4) is 0 Å². The molecular weight excluding hydrogens is 266 g/mol. The summed E-state index contributed by atoms with van der Waals surface area (Å²) in [6.07, 6.45) is 1.81. The van der Waals surface area contributed by atoms with E-state index in [1.165, 1.54) is 0 Å². The lowest BCUT2D eigenvalue weighted by atomic mass is 9.86. The molecule has 0 amide bonds. The molecule has 0 aliphatic heterocycles. The Morgan fingerprint density at radius 2 is 1.74 bits per heavy atom. The lowest BCUT2D eigenvalue weighted by Gasteiger charge is -2.32. The minimum atomic E-state index is -3.27. The number of esters is 1. The molecule has 0 radical (unpaired) electrons. The molecule has 0 aromatic rings. The third-order valence-corrected chi connectivity index (χ3v) is 4.36. The predicted molar refractivity (Wildman–Crippen MR) is 76.3 cm³/mol. The van der Waals surface area contributed by atoms with Gasteiger partial charge in [-0.25, -0.2) is 13.1 Å². The van der Waals surface area contributed by atoms with E-state index in [0.717, 1.165) is 6.26 Å². The van der Waals surface area contributed by atoms with Gasteiger partial charge in [-0.15, -0.1) is 0 Å². The van der Waals surface area contributed by atoms with Crippen molar-refractivity contribution in [2.75, 3.05) is 12.9 Å². The van der Waals surface area contributed by atoms with Gasteiger partial charge in [0.2, 0.25) is 10.0 Å². The summed E-state index contributed by atoms with van der Waals surface area (Å²) in [6, 6.07) is -0.319. The third kappa shape index (κ3) is 6.38. The SMILES string of the molecule is CCC(C)(C)C(=O)OCC(C)(C)C(C)NS(C)(=O)=O. The fraction of sp³-hybridized carbons (Fsp3) is 0.923. The van der Waals surface area contributed by atoms with Crippen LogP contribution < -0.4 is 4.72 Å². The highest BCUT2D eigenvalue weighted by molar-refractivity contribution is 7.88. The average Bonchev–Trinajstić information content (AvgIpc) is 2.23. The summed E-state index contributed by atoms with van der Waals surface area (Å²) in [4.78, 5) is 11.9. The Morgan fingerprint density at radius 1 is 1.26 bits per heavy atom. The molecule has 0 spiro atoms. The van der Waals surface area contributed by atoms with Gasteiger partial charge in [0.1, 0.15) is 0 Å². The van der Waals surface area contributed by atoms with Gasteiger partial charge in [0.25, 0.3) is 0 Å². The molecule has 0 heterocycles. The van der Waals surface area contributed by atoms with Gasteiger partial charge in [0.15, 0.2) is 0 Å². The molecular formula is C13H27NO4S. The van der Waals surface area contributed by atoms with Gasteiger partial charge in [-0.1, -0.05) is 20.8 Å². The molecule has 0 aliphatic rings. The molecule has 0 fully saturated rings. The van der Waals surface area contributed by atoms with Crippen LogP contribution in [0, 0.1) is 10.8 Å². The van der Waals surface area contributed by atoms with Crippen molar-refractivity contribution in [3.63, 3.8) is 0 Å². The third-order valence-electron chi connectivity index (χ3n) is 3.57. The first-order valence-corrected chi connectivity index (χ1v) is 8.35. The first-order valence-electron chi connectivity index (χ1n) is 6.46. The topological polar surface area (TPSA) is 72.5 Å². The minimum Gasteiger partial charge on any atom is -0.465 e. The first-order chi connectivity index (χ1) is 8.32. The summed E-state index contributed by atoms with van der Waals surface area (Å²) in [5.41, 5.74) is -0.980. The number of rotatable bonds is 7. The second-order valence-electron chi connectivity index (χ2n) is 6.41. The predicted octanol–water partition coefficient (Wildman–Crippen LogP) is 1.93. The Balaban J connectivity index is 4.58. The van der Waals surface area contributed by atoms with Crippen LogP contribution in [0.25, 0.3) is 0 Å². The zero-order chi connectivity index (χ0) is 15.5. The van der Waals surface area contributed by atoms with E-state index in [0.29, 0.717) is 6.42 Å². The number of hydrogen-bond acceptors (Lipinski definition) is 4. The van der Waals surface area contributed by atoms with E-state index in [2.05, 4.69) is 4.72 Å². The number of ether oxygens (including phenoxy) is 1. The molecule has 0 bridgehead atoms. The van der Waals surface area contributed by atoms with Crippen LogP contribution in [-0.4, -0.2) is 33.3 Å². The van der Waals surface area contributed by atoms with E-state index in [1.807, 2.05) is 34.6 Å². The van der Waals surface area contributed by atoms with Crippen molar-refractivity contribution in [3.05, 3.63) is 0 Å². The molecule has 1 N–H and O–H groups in total. The van der Waals surface area contributed by atoms with E-state index in [1.54, 1.807) is 6.92 Å². The molecule has 0 saturated carbocycles. The highest BCUT2D eigenvalue weighted by Gasteiger charge is 2.33. The second-order valence-corrected chi connectivity index (χ2v) is 8.19. The summed E-state index contributed by atoms with van der Waals surface area (Å²) >= 11 is 0. The lowest BCUT2D eigenvalue weighted by Crippen LogP contribution is -2.45. The number of hydrogen-bond donors (Lipinski definition) is 1. The Bertz CT molecular complexity index is 412. The number of nitrogens with one attached hydrogen (secondary N) is 1. The monoisotopic (exact) mass is 293 g/mol. The fourth-order valence-electron chi connectivity index (χ4n) is 1.20. The standard InChI is InChI=1S/C13H27NO4S/c1-8-12(3,4)11(15)18-9-13(5,6)10(2)14-19(7,16)17/h10,14H,8-9H2,1-7H3. The Morgan fingerprint density at radius 3 is 2.11 bits per heavy atom. The van der Waals surface area contributed by atoms with Crippen LogP contribution in [0.1, 0.15) is 48.0 Å². The van der Waals surface area contributed by atoms with Crippen molar-refractivity contribution >= 4 is 16.0 Å². The van der Waals surface area contributed by atoms with Gasteiger partial charge in [-0.05, 0) is 27.2 Å². The Hall–Kier alpha value is -0.620. The average molecular weight is 293 g/mol. The van der Waals surface area contributed by atoms with Crippen LogP contribution in [0.5, 0.6) is 0 Å². The maximum Gasteiger partial charge on any atom is 0.311 e. The summed E-state index contributed by atoms with van der Waals surface area (Å²) in [7, 11) is -3.27. The normalized spacial score (nSPS) is 15.1. The Kier molecular flexibility index (Phi) is 6.02. The largest absolute Gasteiger partial charge is 0.465 e. The highest BCUT2D eigenvalue weighted by Crippen LogP contribution is 2.26. The highest BCUT2D eigenvalue weighted by atomic mass is 32.2. The van der Waals surface area contributed by atoms with Crippen LogP contribution in [0.4, 0.5) is 0 Å². The van der Waals surface area contributed by atoms with Crippen molar-refractivity contribution in [2.45, 2.75) is 54.0 Å². The fourth-order valence-corrected chi connectivity index (χ4v) is 2.16. The second kappa shape index (κ2) is 6.22. The molecule has 0 aliphatic carbocycles. The van der Waals surface area contributed by atoms with Crippen molar-refractivity contribution in [1.82, 2.24) is 4.72 Å². The molecule has 0 aromatic carbocycles.